The maximum atomic E-state index is 4.40. The maximum Gasteiger partial charge on any atom is 0.0995 e. The molecule has 2 rings (SSSR count). The molecule has 0 fully saturated rings. The van der Waals surface area contributed by atoms with Gasteiger partial charge in [-0.25, -0.2) is 4.98 Å². The van der Waals surface area contributed by atoms with E-state index in [1.54, 1.807) is 0 Å². The van der Waals surface area contributed by atoms with Crippen LogP contribution in [0.25, 0.3) is 5.52 Å². The molecule has 80 valence electrons. The Kier molecular flexibility index (Phi) is 2.29. The molecule has 0 radical (unpaired) electrons. The Morgan fingerprint density at radius 3 is 2.67 bits per heavy atom. The highest BCUT2D eigenvalue weighted by molar-refractivity contribution is 5.54. The van der Waals surface area contributed by atoms with Gasteiger partial charge in [-0.15, -0.1) is 0 Å². The standard InChI is InChI=1S/C13H18N2/c1-5-11-12-8-10(13(2,3)4)6-7-15(12)9-14-11/h6-9H,5H2,1-4H3. The summed E-state index contributed by atoms with van der Waals surface area (Å²) in [5, 5.41) is 0. The van der Waals surface area contributed by atoms with Crippen LogP contribution in [0.5, 0.6) is 0 Å². The average Bonchev–Trinajstić information content (AvgIpc) is 2.57. The van der Waals surface area contributed by atoms with Crippen molar-refractivity contribution < 1.29 is 0 Å². The topological polar surface area (TPSA) is 17.3 Å². The van der Waals surface area contributed by atoms with Gasteiger partial charge in [-0.2, -0.15) is 0 Å². The second-order valence-electron chi connectivity index (χ2n) is 5.00. The first-order valence-electron chi connectivity index (χ1n) is 5.48. The van der Waals surface area contributed by atoms with Crippen LogP contribution in [0.3, 0.4) is 0 Å². The summed E-state index contributed by atoms with van der Waals surface area (Å²) >= 11 is 0. The molecular weight excluding hydrogens is 184 g/mol. The van der Waals surface area contributed by atoms with E-state index in [2.05, 4.69) is 55.4 Å². The molecular formula is C13H18N2. The summed E-state index contributed by atoms with van der Waals surface area (Å²) < 4.78 is 2.09. The Balaban J connectivity index is 2.63. The molecule has 15 heavy (non-hydrogen) atoms. The van der Waals surface area contributed by atoms with E-state index in [0.29, 0.717) is 0 Å². The molecule has 0 aromatic carbocycles. The normalized spacial score (nSPS) is 12.3. The Morgan fingerprint density at radius 2 is 2.07 bits per heavy atom. The fraction of sp³-hybridized carbons (Fsp3) is 0.462. The monoisotopic (exact) mass is 202 g/mol. The lowest BCUT2D eigenvalue weighted by molar-refractivity contribution is 0.590. The van der Waals surface area contributed by atoms with Crippen molar-refractivity contribution in [2.24, 2.45) is 0 Å². The smallest absolute Gasteiger partial charge is 0.0995 e. The lowest BCUT2D eigenvalue weighted by Crippen LogP contribution is -2.11. The predicted molar refractivity (Wildman–Crippen MR) is 63.3 cm³/mol. The Bertz CT molecular complexity index is 475. The number of aryl methyl sites for hydroxylation is 1. The Morgan fingerprint density at radius 1 is 1.33 bits per heavy atom. The second-order valence-corrected chi connectivity index (χ2v) is 5.00. The van der Waals surface area contributed by atoms with Crippen molar-refractivity contribution in [3.8, 4) is 0 Å². The highest BCUT2D eigenvalue weighted by Gasteiger charge is 2.14. The molecule has 0 amide bonds. The first kappa shape index (κ1) is 10.2. The second kappa shape index (κ2) is 3.37. The molecule has 2 aromatic rings. The molecule has 0 saturated carbocycles. The first-order chi connectivity index (χ1) is 7.02. The third kappa shape index (κ3) is 1.76. The van der Waals surface area contributed by atoms with E-state index < -0.39 is 0 Å². The quantitative estimate of drug-likeness (QED) is 0.694. The number of rotatable bonds is 1. The largest absolute Gasteiger partial charge is 0.306 e. The molecule has 0 bridgehead atoms. The van der Waals surface area contributed by atoms with Crippen molar-refractivity contribution in [3.63, 3.8) is 0 Å². The van der Waals surface area contributed by atoms with Gasteiger partial charge in [0.15, 0.2) is 0 Å². The summed E-state index contributed by atoms with van der Waals surface area (Å²) in [4.78, 5) is 4.40. The van der Waals surface area contributed by atoms with E-state index in [1.165, 1.54) is 16.8 Å². The molecule has 0 N–H and O–H groups in total. The van der Waals surface area contributed by atoms with Crippen molar-refractivity contribution in [3.05, 3.63) is 35.9 Å². The summed E-state index contributed by atoms with van der Waals surface area (Å²) in [6.07, 6.45) is 4.98. The van der Waals surface area contributed by atoms with Gasteiger partial charge in [-0.05, 0) is 29.5 Å². The van der Waals surface area contributed by atoms with Gasteiger partial charge in [0, 0.05) is 6.20 Å². The fourth-order valence-corrected chi connectivity index (χ4v) is 1.78. The van der Waals surface area contributed by atoms with Crippen molar-refractivity contribution in [2.75, 3.05) is 0 Å². The third-order valence-corrected chi connectivity index (χ3v) is 2.82. The number of hydrogen-bond acceptors (Lipinski definition) is 1. The molecule has 2 nitrogen and oxygen atoms in total. The van der Waals surface area contributed by atoms with Crippen molar-refractivity contribution in [1.82, 2.24) is 9.38 Å². The van der Waals surface area contributed by atoms with Gasteiger partial charge < -0.3 is 4.40 Å². The van der Waals surface area contributed by atoms with Crippen molar-refractivity contribution in [1.29, 1.82) is 0 Å². The van der Waals surface area contributed by atoms with Crippen LogP contribution < -0.4 is 0 Å². The lowest BCUT2D eigenvalue weighted by atomic mass is 9.87. The summed E-state index contributed by atoms with van der Waals surface area (Å²) in [6, 6.07) is 4.43. The van der Waals surface area contributed by atoms with Crippen LogP contribution in [0.1, 0.15) is 39.0 Å². The SMILES string of the molecule is CCc1ncn2ccc(C(C)(C)C)cc12. The summed E-state index contributed by atoms with van der Waals surface area (Å²) in [6.45, 7) is 8.86. The van der Waals surface area contributed by atoms with Crippen molar-refractivity contribution >= 4 is 5.52 Å². The number of aromatic nitrogens is 2. The number of pyridine rings is 1. The van der Waals surface area contributed by atoms with Gasteiger partial charge in [0.1, 0.15) is 0 Å². The Hall–Kier alpha value is -1.31. The number of hydrogen-bond donors (Lipinski definition) is 0. The van der Waals surface area contributed by atoms with E-state index >= 15 is 0 Å². The number of fused-ring (bicyclic) bond motifs is 1. The van der Waals surface area contributed by atoms with E-state index in [4.69, 9.17) is 0 Å². The van der Waals surface area contributed by atoms with Gasteiger partial charge in [0.2, 0.25) is 0 Å². The van der Waals surface area contributed by atoms with Gasteiger partial charge in [0.05, 0.1) is 17.5 Å². The van der Waals surface area contributed by atoms with E-state index in [0.717, 1.165) is 6.42 Å². The van der Waals surface area contributed by atoms with E-state index in [-0.39, 0.29) is 5.41 Å². The molecule has 2 aromatic heterocycles. The minimum Gasteiger partial charge on any atom is -0.306 e. The van der Waals surface area contributed by atoms with Crippen LogP contribution >= 0.6 is 0 Å². The average molecular weight is 202 g/mol. The van der Waals surface area contributed by atoms with Crippen LogP contribution in [0.2, 0.25) is 0 Å². The Labute approximate surface area is 91.0 Å². The predicted octanol–water partition coefficient (Wildman–Crippen LogP) is 3.19. The highest BCUT2D eigenvalue weighted by atomic mass is 15.0. The van der Waals surface area contributed by atoms with Crippen LogP contribution in [0, 0.1) is 0 Å². The number of nitrogens with zero attached hydrogens (tertiary/aromatic N) is 2. The lowest BCUT2D eigenvalue weighted by Gasteiger charge is -2.19. The summed E-state index contributed by atoms with van der Waals surface area (Å²) in [5.41, 5.74) is 3.99. The fourth-order valence-electron chi connectivity index (χ4n) is 1.78. The summed E-state index contributed by atoms with van der Waals surface area (Å²) in [5.74, 6) is 0. The zero-order valence-electron chi connectivity index (χ0n) is 9.91. The van der Waals surface area contributed by atoms with Crippen LogP contribution in [-0.4, -0.2) is 9.38 Å². The molecule has 0 aliphatic heterocycles. The number of imidazole rings is 1. The molecule has 0 aliphatic carbocycles. The van der Waals surface area contributed by atoms with E-state index in [1.807, 2.05) is 6.33 Å². The summed E-state index contributed by atoms with van der Waals surface area (Å²) in [7, 11) is 0. The van der Waals surface area contributed by atoms with Crippen LogP contribution in [-0.2, 0) is 11.8 Å². The zero-order chi connectivity index (χ0) is 11.1. The maximum absolute atomic E-state index is 4.40. The van der Waals surface area contributed by atoms with Crippen molar-refractivity contribution in [2.45, 2.75) is 39.5 Å². The molecule has 0 aliphatic rings. The molecule has 0 atom stereocenters. The van der Waals surface area contributed by atoms with Crippen LogP contribution in [0.4, 0.5) is 0 Å². The zero-order valence-corrected chi connectivity index (χ0v) is 9.91. The molecule has 0 spiro atoms. The first-order valence-corrected chi connectivity index (χ1v) is 5.48. The molecule has 0 saturated heterocycles. The third-order valence-electron chi connectivity index (χ3n) is 2.82. The molecule has 2 heteroatoms. The van der Waals surface area contributed by atoms with E-state index in [9.17, 15) is 0 Å². The van der Waals surface area contributed by atoms with Gasteiger partial charge in [0.25, 0.3) is 0 Å². The highest BCUT2D eigenvalue weighted by Crippen LogP contribution is 2.24. The minimum absolute atomic E-state index is 0.205. The molecule has 2 heterocycles. The molecule has 0 unspecified atom stereocenters. The van der Waals surface area contributed by atoms with Gasteiger partial charge in [-0.3, -0.25) is 0 Å². The van der Waals surface area contributed by atoms with Crippen LogP contribution in [0.15, 0.2) is 24.7 Å². The van der Waals surface area contributed by atoms with Gasteiger partial charge in [-0.1, -0.05) is 27.7 Å². The van der Waals surface area contributed by atoms with Gasteiger partial charge >= 0.3 is 0 Å². The minimum atomic E-state index is 0.205.